The van der Waals surface area contributed by atoms with Crippen LogP contribution in [-0.4, -0.2) is 5.91 Å². The van der Waals surface area contributed by atoms with E-state index in [1.165, 1.54) is 0 Å². The fourth-order valence-corrected chi connectivity index (χ4v) is 3.66. The highest BCUT2D eigenvalue weighted by molar-refractivity contribution is 9.10. The molecule has 0 atom stereocenters. The first-order valence-electron chi connectivity index (χ1n) is 8.03. The summed E-state index contributed by atoms with van der Waals surface area (Å²) in [6.07, 6.45) is 0. The van der Waals surface area contributed by atoms with Gasteiger partial charge in [-0.15, -0.1) is 0 Å². The Morgan fingerprint density at radius 2 is 1.80 bits per heavy atom. The van der Waals surface area contributed by atoms with Gasteiger partial charge in [0.15, 0.2) is 5.76 Å². The van der Waals surface area contributed by atoms with Gasteiger partial charge in [-0.2, -0.15) is 0 Å². The summed E-state index contributed by atoms with van der Waals surface area (Å²) in [6, 6.07) is 17.9. The Bertz CT molecular complexity index is 1130. The summed E-state index contributed by atoms with van der Waals surface area (Å²) in [6.45, 7) is 3.92. The maximum atomic E-state index is 12.8. The van der Waals surface area contributed by atoms with Gasteiger partial charge in [-0.25, -0.2) is 0 Å². The third-order valence-electron chi connectivity index (χ3n) is 4.41. The zero-order chi connectivity index (χ0) is 17.6. The summed E-state index contributed by atoms with van der Waals surface area (Å²) in [5, 5.41) is 6.00. The molecule has 3 aromatic carbocycles. The van der Waals surface area contributed by atoms with Crippen LogP contribution in [0.1, 0.15) is 21.7 Å². The van der Waals surface area contributed by atoms with Crippen LogP contribution >= 0.6 is 15.9 Å². The van der Waals surface area contributed by atoms with Gasteiger partial charge in [-0.3, -0.25) is 4.79 Å². The highest BCUT2D eigenvalue weighted by atomic mass is 79.9. The summed E-state index contributed by atoms with van der Waals surface area (Å²) < 4.78 is 6.83. The van der Waals surface area contributed by atoms with Crippen LogP contribution in [0.4, 0.5) is 5.69 Å². The third kappa shape index (κ3) is 2.72. The molecule has 1 amide bonds. The van der Waals surface area contributed by atoms with Crippen LogP contribution in [0.2, 0.25) is 0 Å². The van der Waals surface area contributed by atoms with Crippen molar-refractivity contribution in [3.05, 3.63) is 76.0 Å². The average Bonchev–Trinajstić information content (AvgIpc) is 2.95. The van der Waals surface area contributed by atoms with E-state index in [4.69, 9.17) is 4.42 Å². The Kier molecular flexibility index (Phi) is 3.85. The van der Waals surface area contributed by atoms with Gasteiger partial charge in [0.25, 0.3) is 5.91 Å². The number of furan rings is 1. The molecule has 0 aliphatic carbocycles. The molecule has 4 aromatic rings. The van der Waals surface area contributed by atoms with Crippen LogP contribution in [0.25, 0.3) is 21.7 Å². The number of anilines is 1. The quantitative estimate of drug-likeness (QED) is 0.439. The predicted molar refractivity (Wildman–Crippen MR) is 105 cm³/mol. The van der Waals surface area contributed by atoms with Gasteiger partial charge in [0.05, 0.1) is 5.69 Å². The fraction of sp³-hybridized carbons (Fsp3) is 0.0952. The topological polar surface area (TPSA) is 42.2 Å². The minimum Gasteiger partial charge on any atom is -0.450 e. The number of hydrogen-bond acceptors (Lipinski definition) is 2. The van der Waals surface area contributed by atoms with Gasteiger partial charge >= 0.3 is 0 Å². The lowest BCUT2D eigenvalue weighted by Crippen LogP contribution is -2.12. The smallest absolute Gasteiger partial charge is 0.291 e. The minimum absolute atomic E-state index is 0.248. The lowest BCUT2D eigenvalue weighted by Gasteiger charge is -2.07. The van der Waals surface area contributed by atoms with Crippen molar-refractivity contribution >= 4 is 49.3 Å². The van der Waals surface area contributed by atoms with Crippen molar-refractivity contribution < 1.29 is 9.21 Å². The molecule has 0 saturated heterocycles. The molecule has 0 spiro atoms. The van der Waals surface area contributed by atoms with E-state index in [2.05, 4.69) is 27.3 Å². The summed E-state index contributed by atoms with van der Waals surface area (Å²) in [5.74, 6) is 0.0983. The van der Waals surface area contributed by atoms with E-state index in [9.17, 15) is 4.79 Å². The molecule has 0 aliphatic heterocycles. The summed E-state index contributed by atoms with van der Waals surface area (Å²) >= 11 is 3.49. The Labute approximate surface area is 153 Å². The molecule has 0 bridgehead atoms. The SMILES string of the molecule is Cc1ccc(NC(=O)c2oc3c(ccc4ccccc43)c2C)c(Br)c1. The first kappa shape index (κ1) is 15.9. The van der Waals surface area contributed by atoms with E-state index in [-0.39, 0.29) is 5.91 Å². The van der Waals surface area contributed by atoms with Crippen molar-refractivity contribution in [1.82, 2.24) is 0 Å². The second-order valence-electron chi connectivity index (χ2n) is 6.16. The number of hydrogen-bond donors (Lipinski definition) is 1. The molecule has 4 heteroatoms. The van der Waals surface area contributed by atoms with Crippen LogP contribution < -0.4 is 5.32 Å². The minimum atomic E-state index is -0.248. The molecule has 0 fully saturated rings. The normalized spacial score (nSPS) is 11.2. The Balaban J connectivity index is 1.79. The van der Waals surface area contributed by atoms with Crippen LogP contribution in [0, 0.1) is 13.8 Å². The number of carbonyl (C=O) groups is 1. The Hall–Kier alpha value is -2.59. The van der Waals surface area contributed by atoms with Gasteiger partial charge < -0.3 is 9.73 Å². The first-order valence-corrected chi connectivity index (χ1v) is 8.82. The molecule has 124 valence electrons. The van der Waals surface area contributed by atoms with Crippen molar-refractivity contribution in [3.8, 4) is 0 Å². The van der Waals surface area contributed by atoms with E-state index in [1.54, 1.807) is 0 Å². The second-order valence-corrected chi connectivity index (χ2v) is 7.01. The molecule has 1 heterocycles. The van der Waals surface area contributed by atoms with Crippen molar-refractivity contribution in [2.75, 3.05) is 5.32 Å². The molecule has 1 N–H and O–H groups in total. The Morgan fingerprint density at radius 1 is 1.00 bits per heavy atom. The van der Waals surface area contributed by atoms with E-state index in [1.807, 2.05) is 62.4 Å². The van der Waals surface area contributed by atoms with Crippen molar-refractivity contribution in [2.45, 2.75) is 13.8 Å². The fourth-order valence-electron chi connectivity index (χ4n) is 3.07. The lowest BCUT2D eigenvalue weighted by molar-refractivity contribution is 0.0998. The van der Waals surface area contributed by atoms with Crippen LogP contribution in [0.5, 0.6) is 0 Å². The van der Waals surface area contributed by atoms with Gasteiger partial charge in [0.2, 0.25) is 0 Å². The first-order chi connectivity index (χ1) is 12.0. The highest BCUT2D eigenvalue weighted by Gasteiger charge is 2.19. The second kappa shape index (κ2) is 6.05. The molecular weight excluding hydrogens is 378 g/mol. The number of amides is 1. The number of nitrogens with one attached hydrogen (secondary N) is 1. The van der Waals surface area contributed by atoms with Crippen molar-refractivity contribution in [2.24, 2.45) is 0 Å². The molecule has 0 radical (unpaired) electrons. The van der Waals surface area contributed by atoms with Gasteiger partial charge in [-0.1, -0.05) is 42.5 Å². The molecule has 0 aliphatic rings. The Morgan fingerprint density at radius 3 is 2.60 bits per heavy atom. The summed E-state index contributed by atoms with van der Waals surface area (Å²) in [4.78, 5) is 12.8. The monoisotopic (exact) mass is 393 g/mol. The van der Waals surface area contributed by atoms with Gasteiger partial charge in [0, 0.05) is 20.8 Å². The molecule has 0 saturated carbocycles. The van der Waals surface area contributed by atoms with Crippen LogP contribution in [0.3, 0.4) is 0 Å². The van der Waals surface area contributed by atoms with Gasteiger partial charge in [0.1, 0.15) is 5.58 Å². The number of rotatable bonds is 2. The number of benzene rings is 3. The van der Waals surface area contributed by atoms with Crippen LogP contribution in [-0.2, 0) is 0 Å². The largest absolute Gasteiger partial charge is 0.450 e. The lowest BCUT2D eigenvalue weighted by atomic mass is 10.1. The zero-order valence-electron chi connectivity index (χ0n) is 13.9. The van der Waals surface area contributed by atoms with Gasteiger partial charge in [-0.05, 0) is 52.9 Å². The highest BCUT2D eigenvalue weighted by Crippen LogP contribution is 2.32. The van der Waals surface area contributed by atoms with E-state index in [0.29, 0.717) is 5.76 Å². The standard InChI is InChI=1S/C21H16BrNO2/c1-12-7-10-18(17(22)11-12)23-21(24)19-13(2)15-9-8-14-5-3-4-6-16(14)20(15)25-19/h3-11H,1-2H3,(H,23,24). The zero-order valence-corrected chi connectivity index (χ0v) is 15.5. The molecule has 1 aromatic heterocycles. The maximum absolute atomic E-state index is 12.8. The third-order valence-corrected chi connectivity index (χ3v) is 5.06. The number of halogens is 1. The molecular formula is C21H16BrNO2. The molecule has 0 unspecified atom stereocenters. The molecule has 25 heavy (non-hydrogen) atoms. The van der Waals surface area contributed by atoms with Crippen LogP contribution in [0.15, 0.2) is 63.5 Å². The molecule has 3 nitrogen and oxygen atoms in total. The summed E-state index contributed by atoms with van der Waals surface area (Å²) in [7, 11) is 0. The maximum Gasteiger partial charge on any atom is 0.291 e. The van der Waals surface area contributed by atoms with E-state index in [0.717, 1.165) is 43.0 Å². The van der Waals surface area contributed by atoms with E-state index < -0.39 is 0 Å². The predicted octanol–water partition coefficient (Wildman–Crippen LogP) is 6.22. The van der Waals surface area contributed by atoms with Crippen molar-refractivity contribution in [1.29, 1.82) is 0 Å². The summed E-state index contributed by atoms with van der Waals surface area (Å²) in [5.41, 5.74) is 3.45. The number of aryl methyl sites for hydroxylation is 2. The number of carbonyl (C=O) groups excluding carboxylic acids is 1. The van der Waals surface area contributed by atoms with Crippen molar-refractivity contribution in [3.63, 3.8) is 0 Å². The molecule has 4 rings (SSSR count). The van der Waals surface area contributed by atoms with E-state index >= 15 is 0 Å². The number of fused-ring (bicyclic) bond motifs is 3. The average molecular weight is 394 g/mol.